The molecule has 1 amide bonds. The van der Waals surface area contributed by atoms with Crippen molar-refractivity contribution in [2.45, 2.75) is 0 Å². The third kappa shape index (κ3) is 3.34. The molecule has 10 heteroatoms. The van der Waals surface area contributed by atoms with E-state index in [2.05, 4.69) is 15.3 Å². The minimum absolute atomic E-state index is 0.0276. The van der Waals surface area contributed by atoms with Crippen molar-refractivity contribution in [1.82, 2.24) is 19.1 Å². The number of carbonyl (C=O) groups is 1. The number of carbonyl (C=O) groups excluding carboxylic acids is 1. The van der Waals surface area contributed by atoms with Crippen LogP contribution in [0.4, 0.5) is 11.5 Å². The van der Waals surface area contributed by atoms with Gasteiger partial charge in [-0.1, -0.05) is 29.8 Å². The number of nitrogens with zero attached hydrogens (tertiary/aromatic N) is 4. The van der Waals surface area contributed by atoms with E-state index in [1.165, 1.54) is 24.9 Å². The molecule has 0 unspecified atom stereocenters. The lowest BCUT2D eigenvalue weighted by Gasteiger charge is -2.17. The fourth-order valence-electron chi connectivity index (χ4n) is 3.40. The van der Waals surface area contributed by atoms with E-state index < -0.39 is 17.2 Å². The predicted molar refractivity (Wildman–Crippen MR) is 119 cm³/mol. The van der Waals surface area contributed by atoms with Gasteiger partial charge in [-0.25, -0.2) is 9.78 Å². The van der Waals surface area contributed by atoms with Crippen molar-refractivity contribution >= 4 is 40.0 Å². The van der Waals surface area contributed by atoms with Gasteiger partial charge in [0.15, 0.2) is 5.65 Å². The van der Waals surface area contributed by atoms with Gasteiger partial charge in [-0.05, 0) is 18.2 Å². The molecular formula is C21H17ClN6O3. The number of rotatable bonds is 3. The molecule has 0 saturated heterocycles. The van der Waals surface area contributed by atoms with Gasteiger partial charge in [0.25, 0.3) is 11.5 Å². The van der Waals surface area contributed by atoms with E-state index in [9.17, 15) is 14.4 Å². The number of aryl methyl sites for hydroxylation is 1. The van der Waals surface area contributed by atoms with Gasteiger partial charge >= 0.3 is 5.69 Å². The number of aromatic nitrogens is 4. The van der Waals surface area contributed by atoms with Crippen LogP contribution >= 0.6 is 11.6 Å². The van der Waals surface area contributed by atoms with Gasteiger partial charge < -0.3 is 11.1 Å². The Morgan fingerprint density at radius 2 is 1.84 bits per heavy atom. The molecule has 3 heterocycles. The van der Waals surface area contributed by atoms with Crippen molar-refractivity contribution in [2.75, 3.05) is 11.1 Å². The van der Waals surface area contributed by atoms with E-state index in [0.717, 1.165) is 4.57 Å². The highest BCUT2D eigenvalue weighted by Crippen LogP contribution is 2.36. The van der Waals surface area contributed by atoms with Crippen LogP contribution in [-0.4, -0.2) is 25.0 Å². The summed E-state index contributed by atoms with van der Waals surface area (Å²) in [5, 5.41) is 3.08. The second kappa shape index (κ2) is 7.69. The number of amides is 1. The number of nitrogen functional groups attached to an aromatic ring is 1. The zero-order chi connectivity index (χ0) is 22.3. The highest BCUT2D eigenvalue weighted by Gasteiger charge is 2.26. The van der Waals surface area contributed by atoms with Gasteiger partial charge in [-0.15, -0.1) is 0 Å². The standard InChI is InChI=1S/C21H17ClN6O3/c1-27-18-16(20(30)28(2)21(27)31)14(12-7-3-4-8-13(12)22)15(17(23)26-18)19(29)25-11-6-5-9-24-10-11/h3-10H,1-2H3,(H2,23,26)(H,25,29). The van der Waals surface area contributed by atoms with Crippen molar-refractivity contribution in [3.05, 3.63) is 80.2 Å². The summed E-state index contributed by atoms with van der Waals surface area (Å²) in [7, 11) is 2.83. The molecule has 0 bridgehead atoms. The number of pyridine rings is 2. The van der Waals surface area contributed by atoms with Gasteiger partial charge in [0.1, 0.15) is 5.82 Å². The first kappa shape index (κ1) is 20.3. The number of hydrogen-bond donors (Lipinski definition) is 2. The summed E-state index contributed by atoms with van der Waals surface area (Å²) in [6.07, 6.45) is 3.04. The summed E-state index contributed by atoms with van der Waals surface area (Å²) in [6.45, 7) is 0. The van der Waals surface area contributed by atoms with E-state index in [-0.39, 0.29) is 28.0 Å². The van der Waals surface area contributed by atoms with Gasteiger partial charge in [0, 0.05) is 36.4 Å². The highest BCUT2D eigenvalue weighted by molar-refractivity contribution is 6.34. The molecule has 0 aliphatic carbocycles. The first-order valence-electron chi connectivity index (χ1n) is 9.16. The van der Waals surface area contributed by atoms with Crippen molar-refractivity contribution < 1.29 is 4.79 Å². The fraction of sp³-hybridized carbons (Fsp3) is 0.0952. The molecule has 31 heavy (non-hydrogen) atoms. The monoisotopic (exact) mass is 436 g/mol. The predicted octanol–water partition coefficient (Wildman–Crippen LogP) is 2.18. The SMILES string of the molecule is Cn1c(=O)c2c(-c3ccccc3Cl)c(C(=O)Nc3cccnc3)c(N)nc2n(C)c1=O. The highest BCUT2D eigenvalue weighted by atomic mass is 35.5. The Labute approximate surface area is 180 Å². The van der Waals surface area contributed by atoms with Crippen LogP contribution in [0.2, 0.25) is 5.02 Å². The average molecular weight is 437 g/mol. The Balaban J connectivity index is 2.14. The maximum atomic E-state index is 13.3. The summed E-state index contributed by atoms with van der Waals surface area (Å²) >= 11 is 6.43. The molecule has 0 aliphatic rings. The first-order valence-corrected chi connectivity index (χ1v) is 9.54. The molecule has 1 aromatic carbocycles. The Morgan fingerprint density at radius 3 is 2.52 bits per heavy atom. The molecular weight excluding hydrogens is 420 g/mol. The summed E-state index contributed by atoms with van der Waals surface area (Å²) < 4.78 is 2.15. The smallest absolute Gasteiger partial charge is 0.332 e. The Hall–Kier alpha value is -3.98. The molecule has 0 fully saturated rings. The van der Waals surface area contributed by atoms with E-state index in [1.54, 1.807) is 42.6 Å². The number of nitrogens with one attached hydrogen (secondary N) is 1. The minimum atomic E-state index is -0.615. The summed E-state index contributed by atoms with van der Waals surface area (Å²) in [6, 6.07) is 10.1. The zero-order valence-electron chi connectivity index (χ0n) is 16.6. The molecule has 0 saturated carbocycles. The van der Waals surface area contributed by atoms with Crippen LogP contribution < -0.4 is 22.3 Å². The third-order valence-corrected chi connectivity index (χ3v) is 5.24. The van der Waals surface area contributed by atoms with Crippen molar-refractivity contribution in [2.24, 2.45) is 14.1 Å². The lowest BCUT2D eigenvalue weighted by Crippen LogP contribution is -2.38. The Morgan fingerprint density at radius 1 is 1.10 bits per heavy atom. The van der Waals surface area contributed by atoms with Gasteiger partial charge in [0.2, 0.25) is 0 Å². The quantitative estimate of drug-likeness (QED) is 0.507. The minimum Gasteiger partial charge on any atom is -0.383 e. The summed E-state index contributed by atoms with van der Waals surface area (Å²) in [5.41, 5.74) is 6.07. The van der Waals surface area contributed by atoms with Crippen LogP contribution in [0.15, 0.2) is 58.4 Å². The molecule has 156 valence electrons. The summed E-state index contributed by atoms with van der Waals surface area (Å²) in [5.74, 6) is -0.738. The van der Waals surface area contributed by atoms with E-state index in [4.69, 9.17) is 17.3 Å². The van der Waals surface area contributed by atoms with Crippen LogP contribution in [0, 0.1) is 0 Å². The number of hydrogen-bond acceptors (Lipinski definition) is 6. The van der Waals surface area contributed by atoms with Crippen LogP contribution in [0.1, 0.15) is 10.4 Å². The zero-order valence-corrected chi connectivity index (χ0v) is 17.3. The largest absolute Gasteiger partial charge is 0.383 e. The molecule has 4 aromatic rings. The molecule has 3 aromatic heterocycles. The van der Waals surface area contributed by atoms with Gasteiger partial charge in [-0.2, -0.15) is 0 Å². The molecule has 0 spiro atoms. The number of fused-ring (bicyclic) bond motifs is 1. The normalized spacial score (nSPS) is 10.9. The van der Waals surface area contributed by atoms with Gasteiger partial charge in [-0.3, -0.25) is 23.7 Å². The Bertz CT molecular complexity index is 1460. The van der Waals surface area contributed by atoms with E-state index in [0.29, 0.717) is 16.3 Å². The molecule has 3 N–H and O–H groups in total. The topological polar surface area (TPSA) is 125 Å². The third-order valence-electron chi connectivity index (χ3n) is 4.91. The second-order valence-electron chi connectivity index (χ2n) is 6.83. The first-order chi connectivity index (χ1) is 14.8. The van der Waals surface area contributed by atoms with Crippen LogP contribution in [0.3, 0.4) is 0 Å². The Kier molecular flexibility index (Phi) is 5.04. The maximum absolute atomic E-state index is 13.3. The molecule has 9 nitrogen and oxygen atoms in total. The lowest BCUT2D eigenvalue weighted by atomic mass is 9.96. The molecule has 0 radical (unpaired) electrons. The van der Waals surface area contributed by atoms with Crippen LogP contribution in [-0.2, 0) is 14.1 Å². The van der Waals surface area contributed by atoms with Crippen molar-refractivity contribution in [1.29, 1.82) is 0 Å². The summed E-state index contributed by atoms with van der Waals surface area (Å²) in [4.78, 5) is 47.0. The molecule has 0 atom stereocenters. The van der Waals surface area contributed by atoms with Gasteiger partial charge in [0.05, 0.1) is 22.8 Å². The fourth-order valence-corrected chi connectivity index (χ4v) is 3.63. The molecule has 4 rings (SSSR count). The maximum Gasteiger partial charge on any atom is 0.332 e. The number of anilines is 2. The molecule has 0 aliphatic heterocycles. The van der Waals surface area contributed by atoms with Crippen LogP contribution in [0.25, 0.3) is 22.2 Å². The lowest BCUT2D eigenvalue weighted by molar-refractivity contribution is 0.102. The van der Waals surface area contributed by atoms with Crippen LogP contribution in [0.5, 0.6) is 0 Å². The van der Waals surface area contributed by atoms with Crippen molar-refractivity contribution in [3.8, 4) is 11.1 Å². The number of halogens is 1. The van der Waals surface area contributed by atoms with Crippen molar-refractivity contribution in [3.63, 3.8) is 0 Å². The van der Waals surface area contributed by atoms with E-state index in [1.807, 2.05) is 0 Å². The number of benzene rings is 1. The average Bonchev–Trinajstić information content (AvgIpc) is 2.76. The number of nitrogens with two attached hydrogens (primary N) is 1. The van der Waals surface area contributed by atoms with E-state index >= 15 is 0 Å². The second-order valence-corrected chi connectivity index (χ2v) is 7.23.